The largest absolute Gasteiger partial charge is 0.464 e. The van der Waals surface area contributed by atoms with Crippen molar-refractivity contribution in [2.75, 3.05) is 13.2 Å². The van der Waals surface area contributed by atoms with Crippen molar-refractivity contribution in [3.63, 3.8) is 0 Å². The van der Waals surface area contributed by atoms with E-state index in [0.29, 0.717) is 6.41 Å². The van der Waals surface area contributed by atoms with Crippen molar-refractivity contribution in [2.24, 2.45) is 10.9 Å². The van der Waals surface area contributed by atoms with Crippen molar-refractivity contribution in [3.05, 3.63) is 39.7 Å². The van der Waals surface area contributed by atoms with Crippen molar-refractivity contribution in [1.29, 1.82) is 0 Å². The Morgan fingerprint density at radius 1 is 1.57 bits per heavy atom. The summed E-state index contributed by atoms with van der Waals surface area (Å²) in [6, 6.07) is 3.24. The summed E-state index contributed by atoms with van der Waals surface area (Å²) >= 11 is 0. The van der Waals surface area contributed by atoms with Crippen LogP contribution >= 0.6 is 0 Å². The summed E-state index contributed by atoms with van der Waals surface area (Å²) in [5.41, 5.74) is -1.34. The fourth-order valence-corrected chi connectivity index (χ4v) is 3.06. The number of hydrogen-bond donors (Lipinski definition) is 1. The minimum Gasteiger partial charge on any atom is -0.464 e. The number of carbonyl (C=O) groups excluding carboxylic acids is 1. The number of aliphatic imine (C=N–C) groups is 1. The number of nitro benzene ring substituents is 1. The second-order valence-corrected chi connectivity index (χ2v) is 5.46. The number of hydrogen-bond acceptors (Lipinski definition) is 6. The van der Waals surface area contributed by atoms with Crippen LogP contribution in [0.4, 0.5) is 10.1 Å². The van der Waals surface area contributed by atoms with Gasteiger partial charge in [0.15, 0.2) is 0 Å². The number of carbonyl (C=O) groups is 1. The van der Waals surface area contributed by atoms with Crippen LogP contribution in [0.5, 0.6) is 0 Å². The second kappa shape index (κ2) is 5.58. The lowest BCUT2D eigenvalue weighted by molar-refractivity contribution is -0.385. The zero-order chi connectivity index (χ0) is 16.6. The van der Waals surface area contributed by atoms with Gasteiger partial charge in [-0.25, -0.2) is 9.38 Å². The van der Waals surface area contributed by atoms with Gasteiger partial charge in [-0.05, 0) is 13.0 Å². The number of amidine groups is 1. The first-order chi connectivity index (χ1) is 11.0. The van der Waals surface area contributed by atoms with Crippen molar-refractivity contribution in [2.45, 2.75) is 18.6 Å². The highest BCUT2D eigenvalue weighted by Gasteiger charge is 2.54. The van der Waals surface area contributed by atoms with E-state index in [1.807, 2.05) is 0 Å². The van der Waals surface area contributed by atoms with Gasteiger partial charge in [-0.2, -0.15) is 0 Å². The molecule has 0 aromatic heterocycles. The highest BCUT2D eigenvalue weighted by molar-refractivity contribution is 5.85. The SMILES string of the molecule is CC1OC[C@]2(c3cc([N+](=O)[O-])ccc3F)N=C(NC=O)OC[C@H]12. The zero-order valence-electron chi connectivity index (χ0n) is 12.2. The molecule has 8 nitrogen and oxygen atoms in total. The highest BCUT2D eigenvalue weighted by Crippen LogP contribution is 2.46. The molecule has 0 bridgehead atoms. The smallest absolute Gasteiger partial charge is 0.292 e. The molecular weight excluding hydrogens is 309 g/mol. The predicted octanol–water partition coefficient (Wildman–Crippen LogP) is 1.10. The summed E-state index contributed by atoms with van der Waals surface area (Å²) in [6.45, 7) is 2.01. The molecule has 9 heteroatoms. The topological polar surface area (TPSA) is 103 Å². The Hall–Kier alpha value is -2.55. The van der Waals surface area contributed by atoms with E-state index in [2.05, 4.69) is 10.3 Å². The number of fused-ring (bicyclic) bond motifs is 1. The van der Waals surface area contributed by atoms with Crippen LogP contribution in [0.25, 0.3) is 0 Å². The van der Waals surface area contributed by atoms with Gasteiger partial charge in [-0.15, -0.1) is 0 Å². The molecule has 1 saturated heterocycles. The molecular formula is C14H14FN3O5. The predicted molar refractivity (Wildman–Crippen MR) is 76.2 cm³/mol. The van der Waals surface area contributed by atoms with Gasteiger partial charge in [-0.1, -0.05) is 0 Å². The molecule has 1 N–H and O–H groups in total. The van der Waals surface area contributed by atoms with Crippen LogP contribution in [0.2, 0.25) is 0 Å². The fraction of sp³-hybridized carbons (Fsp3) is 0.429. The Balaban J connectivity index is 2.16. The number of amides is 1. The summed E-state index contributed by atoms with van der Waals surface area (Å²) in [5, 5.41) is 13.3. The lowest BCUT2D eigenvalue weighted by Crippen LogP contribution is -2.46. The molecule has 1 unspecified atom stereocenters. The number of non-ortho nitro benzene ring substituents is 1. The molecule has 2 heterocycles. The Bertz CT molecular complexity index is 695. The first kappa shape index (κ1) is 15.3. The molecule has 0 aliphatic carbocycles. The highest BCUT2D eigenvalue weighted by atomic mass is 19.1. The van der Waals surface area contributed by atoms with Crippen LogP contribution in [-0.4, -0.2) is 36.7 Å². The van der Waals surface area contributed by atoms with Crippen LogP contribution in [0.1, 0.15) is 12.5 Å². The molecule has 0 radical (unpaired) electrons. The molecule has 1 aromatic rings. The van der Waals surface area contributed by atoms with Gasteiger partial charge in [0.1, 0.15) is 11.4 Å². The first-order valence-electron chi connectivity index (χ1n) is 6.97. The Kier molecular flexibility index (Phi) is 3.72. The minimum absolute atomic E-state index is 0.0460. The van der Waals surface area contributed by atoms with Gasteiger partial charge in [0.25, 0.3) is 11.7 Å². The number of halogens is 1. The van der Waals surface area contributed by atoms with Gasteiger partial charge in [0.2, 0.25) is 6.41 Å². The van der Waals surface area contributed by atoms with Gasteiger partial charge >= 0.3 is 0 Å². The molecule has 3 rings (SSSR count). The number of nitrogens with zero attached hydrogens (tertiary/aromatic N) is 2. The molecule has 2 aliphatic rings. The standard InChI is InChI=1S/C14H14FN3O5/c1-8-11-5-22-13(16-7-19)17-14(11,6-23-8)10-4-9(18(20)21)2-3-12(10)15/h2-4,7-8,11H,5-6H2,1H3,(H,16,17,19)/t8?,11-,14-/m1/s1. The maximum Gasteiger partial charge on any atom is 0.292 e. The van der Waals surface area contributed by atoms with Crippen molar-refractivity contribution >= 4 is 18.1 Å². The minimum atomic E-state index is -1.17. The fourth-order valence-electron chi connectivity index (χ4n) is 3.06. The number of nitro groups is 1. The second-order valence-electron chi connectivity index (χ2n) is 5.46. The molecule has 2 aliphatic heterocycles. The van der Waals surface area contributed by atoms with Crippen LogP contribution in [-0.2, 0) is 19.8 Å². The quantitative estimate of drug-likeness (QED) is 0.509. The van der Waals surface area contributed by atoms with E-state index >= 15 is 0 Å². The van der Waals surface area contributed by atoms with E-state index in [4.69, 9.17) is 9.47 Å². The number of benzene rings is 1. The molecule has 23 heavy (non-hydrogen) atoms. The lowest BCUT2D eigenvalue weighted by Gasteiger charge is -2.35. The van der Waals surface area contributed by atoms with Crippen LogP contribution in [0, 0.1) is 21.8 Å². The van der Waals surface area contributed by atoms with Crippen LogP contribution < -0.4 is 5.32 Å². The maximum atomic E-state index is 14.4. The van der Waals surface area contributed by atoms with E-state index in [0.717, 1.165) is 18.2 Å². The zero-order valence-corrected chi connectivity index (χ0v) is 12.2. The molecule has 0 spiro atoms. The van der Waals surface area contributed by atoms with Crippen molar-refractivity contribution < 1.29 is 23.6 Å². The maximum absolute atomic E-state index is 14.4. The van der Waals surface area contributed by atoms with Gasteiger partial charge in [0.05, 0.1) is 30.2 Å². The van der Waals surface area contributed by atoms with E-state index in [1.54, 1.807) is 6.92 Å². The Morgan fingerprint density at radius 3 is 3.04 bits per heavy atom. The number of ether oxygens (including phenoxy) is 2. The average molecular weight is 323 g/mol. The molecule has 1 amide bonds. The van der Waals surface area contributed by atoms with Gasteiger partial charge in [0, 0.05) is 17.7 Å². The van der Waals surface area contributed by atoms with E-state index < -0.39 is 16.3 Å². The average Bonchev–Trinajstić information content (AvgIpc) is 2.85. The normalized spacial score (nSPS) is 29.2. The van der Waals surface area contributed by atoms with Crippen LogP contribution in [0.3, 0.4) is 0 Å². The Labute approximate surface area is 130 Å². The number of rotatable bonds is 3. The van der Waals surface area contributed by atoms with Crippen molar-refractivity contribution in [1.82, 2.24) is 5.32 Å². The molecule has 3 atom stereocenters. The third-order valence-corrected chi connectivity index (χ3v) is 4.26. The summed E-state index contributed by atoms with van der Waals surface area (Å²) < 4.78 is 25.4. The van der Waals surface area contributed by atoms with Crippen LogP contribution in [0.15, 0.2) is 23.2 Å². The summed E-state index contributed by atoms with van der Waals surface area (Å²) in [4.78, 5) is 25.3. The third-order valence-electron chi connectivity index (χ3n) is 4.26. The van der Waals surface area contributed by atoms with Crippen molar-refractivity contribution in [3.8, 4) is 0 Å². The monoisotopic (exact) mass is 323 g/mol. The molecule has 122 valence electrons. The lowest BCUT2D eigenvalue weighted by atomic mass is 9.78. The Morgan fingerprint density at radius 2 is 2.35 bits per heavy atom. The summed E-state index contributed by atoms with van der Waals surface area (Å²) in [7, 11) is 0. The molecule has 1 fully saturated rings. The summed E-state index contributed by atoms with van der Waals surface area (Å²) in [5.74, 6) is -0.939. The summed E-state index contributed by atoms with van der Waals surface area (Å²) in [6.07, 6.45) is 0.130. The third kappa shape index (κ3) is 2.42. The number of nitrogens with one attached hydrogen (secondary N) is 1. The van der Waals surface area contributed by atoms with E-state index in [-0.39, 0.29) is 42.5 Å². The van der Waals surface area contributed by atoms with E-state index in [1.165, 1.54) is 0 Å². The molecule has 0 saturated carbocycles. The van der Waals surface area contributed by atoms with Gasteiger partial charge < -0.3 is 9.47 Å². The van der Waals surface area contributed by atoms with E-state index in [9.17, 15) is 19.3 Å². The molecule has 1 aromatic carbocycles. The first-order valence-corrected chi connectivity index (χ1v) is 6.97. The van der Waals surface area contributed by atoms with Gasteiger partial charge in [-0.3, -0.25) is 20.2 Å².